The van der Waals surface area contributed by atoms with E-state index in [1.165, 1.54) is 0 Å². The Morgan fingerprint density at radius 3 is 3.04 bits per heavy atom. The summed E-state index contributed by atoms with van der Waals surface area (Å²) in [5.41, 5.74) is 2.39. The molecule has 0 bridgehead atoms. The number of hydrogen-bond donors (Lipinski definition) is 0. The summed E-state index contributed by atoms with van der Waals surface area (Å²) in [6.07, 6.45) is 7.21. The highest BCUT2D eigenvalue weighted by Gasteiger charge is 2.26. The van der Waals surface area contributed by atoms with Crippen molar-refractivity contribution in [2.24, 2.45) is 0 Å². The van der Waals surface area contributed by atoms with Crippen LogP contribution in [0.5, 0.6) is 0 Å². The fraction of sp³-hybridized carbons (Fsp3) is 0.316. The van der Waals surface area contributed by atoms with E-state index in [2.05, 4.69) is 10.1 Å². The van der Waals surface area contributed by atoms with Gasteiger partial charge in [0.15, 0.2) is 0 Å². The number of amides is 1. The average Bonchev–Trinajstić information content (AvgIpc) is 3.11. The van der Waals surface area contributed by atoms with Crippen LogP contribution in [0.3, 0.4) is 0 Å². The molecule has 4 rings (SSSR count). The first-order valence-corrected chi connectivity index (χ1v) is 8.54. The number of likely N-dealkylation sites (tertiary alicyclic amines) is 1. The fourth-order valence-corrected chi connectivity index (χ4v) is 3.22. The SMILES string of the molecule is O=C(c1cnn2ccccc12)N1CCC[C@@H](OCc2ccccn2)C1. The Labute approximate surface area is 146 Å². The molecule has 0 unspecified atom stereocenters. The molecule has 3 aromatic rings. The fourth-order valence-electron chi connectivity index (χ4n) is 3.22. The van der Waals surface area contributed by atoms with Gasteiger partial charge in [0.05, 0.1) is 35.7 Å². The Hall–Kier alpha value is -2.73. The molecule has 1 atom stereocenters. The predicted molar refractivity (Wildman–Crippen MR) is 93.1 cm³/mol. The number of fused-ring (bicyclic) bond motifs is 1. The lowest BCUT2D eigenvalue weighted by atomic mass is 10.1. The number of carbonyl (C=O) groups is 1. The van der Waals surface area contributed by atoms with Crippen molar-refractivity contribution in [3.63, 3.8) is 0 Å². The number of piperidine rings is 1. The van der Waals surface area contributed by atoms with Crippen molar-refractivity contribution in [2.45, 2.75) is 25.6 Å². The summed E-state index contributed by atoms with van der Waals surface area (Å²) in [6, 6.07) is 11.5. The minimum atomic E-state index is 0.0207. The summed E-state index contributed by atoms with van der Waals surface area (Å²) in [6.45, 7) is 1.84. The van der Waals surface area contributed by atoms with Gasteiger partial charge >= 0.3 is 0 Å². The molecule has 4 heterocycles. The van der Waals surface area contributed by atoms with E-state index in [4.69, 9.17) is 4.74 Å². The number of nitrogens with zero attached hydrogens (tertiary/aromatic N) is 4. The van der Waals surface area contributed by atoms with Gasteiger partial charge in [-0.05, 0) is 37.1 Å². The van der Waals surface area contributed by atoms with Gasteiger partial charge in [-0.3, -0.25) is 9.78 Å². The van der Waals surface area contributed by atoms with Gasteiger partial charge < -0.3 is 9.64 Å². The van der Waals surface area contributed by atoms with Gasteiger partial charge in [0.25, 0.3) is 5.91 Å². The van der Waals surface area contributed by atoms with Crippen LogP contribution in [0.2, 0.25) is 0 Å². The third-order valence-electron chi connectivity index (χ3n) is 4.52. The van der Waals surface area contributed by atoms with Crippen molar-refractivity contribution in [2.75, 3.05) is 13.1 Å². The van der Waals surface area contributed by atoms with Crippen molar-refractivity contribution in [1.82, 2.24) is 19.5 Å². The van der Waals surface area contributed by atoms with Crippen LogP contribution in [-0.4, -0.2) is 44.6 Å². The summed E-state index contributed by atoms with van der Waals surface area (Å²) in [5.74, 6) is 0.0207. The smallest absolute Gasteiger partial charge is 0.257 e. The van der Waals surface area contributed by atoms with Gasteiger partial charge in [-0.25, -0.2) is 4.52 Å². The lowest BCUT2D eigenvalue weighted by Crippen LogP contribution is -2.43. The molecule has 0 aliphatic carbocycles. The molecule has 0 aromatic carbocycles. The van der Waals surface area contributed by atoms with Gasteiger partial charge in [0, 0.05) is 25.5 Å². The highest BCUT2D eigenvalue weighted by atomic mass is 16.5. The molecule has 25 heavy (non-hydrogen) atoms. The molecule has 0 saturated carbocycles. The molecule has 1 aliphatic heterocycles. The van der Waals surface area contributed by atoms with Crippen molar-refractivity contribution in [3.05, 3.63) is 66.2 Å². The Bertz CT molecular complexity index is 862. The largest absolute Gasteiger partial charge is 0.370 e. The minimum absolute atomic E-state index is 0.0207. The van der Waals surface area contributed by atoms with Crippen LogP contribution in [0.15, 0.2) is 55.0 Å². The van der Waals surface area contributed by atoms with Crippen LogP contribution in [0.1, 0.15) is 28.9 Å². The maximum atomic E-state index is 12.9. The molecule has 128 valence electrons. The predicted octanol–water partition coefficient (Wildman–Crippen LogP) is 2.55. The Kier molecular flexibility index (Phi) is 4.43. The van der Waals surface area contributed by atoms with Crippen molar-refractivity contribution in [1.29, 1.82) is 0 Å². The summed E-state index contributed by atoms with van der Waals surface area (Å²) in [7, 11) is 0. The molecule has 1 aliphatic rings. The third-order valence-corrected chi connectivity index (χ3v) is 4.52. The molecule has 0 spiro atoms. The normalized spacial score (nSPS) is 17.8. The molecule has 0 N–H and O–H groups in total. The van der Waals surface area contributed by atoms with E-state index in [0.717, 1.165) is 30.6 Å². The summed E-state index contributed by atoms with van der Waals surface area (Å²) >= 11 is 0. The lowest BCUT2D eigenvalue weighted by Gasteiger charge is -2.32. The summed E-state index contributed by atoms with van der Waals surface area (Å²) in [4.78, 5) is 19.0. The molecule has 3 aromatic heterocycles. The zero-order valence-corrected chi connectivity index (χ0v) is 13.9. The maximum absolute atomic E-state index is 12.9. The van der Waals surface area contributed by atoms with E-state index in [-0.39, 0.29) is 12.0 Å². The van der Waals surface area contributed by atoms with Crippen molar-refractivity contribution < 1.29 is 9.53 Å². The molecule has 1 saturated heterocycles. The first-order valence-electron chi connectivity index (χ1n) is 8.54. The Morgan fingerprint density at radius 2 is 2.16 bits per heavy atom. The van der Waals surface area contributed by atoms with Crippen LogP contribution in [0.25, 0.3) is 5.52 Å². The zero-order valence-electron chi connectivity index (χ0n) is 13.9. The number of hydrogen-bond acceptors (Lipinski definition) is 4. The lowest BCUT2D eigenvalue weighted by molar-refractivity contribution is -0.00780. The second kappa shape index (κ2) is 7.03. The number of rotatable bonds is 4. The zero-order chi connectivity index (χ0) is 17.1. The van der Waals surface area contributed by atoms with Gasteiger partial charge in [-0.2, -0.15) is 5.10 Å². The number of pyridine rings is 2. The van der Waals surface area contributed by atoms with Crippen LogP contribution in [0.4, 0.5) is 0 Å². The second-order valence-electron chi connectivity index (χ2n) is 6.24. The van der Waals surface area contributed by atoms with Crippen LogP contribution in [-0.2, 0) is 11.3 Å². The van der Waals surface area contributed by atoms with Gasteiger partial charge in [-0.15, -0.1) is 0 Å². The van der Waals surface area contributed by atoms with E-state index in [1.807, 2.05) is 47.5 Å². The first kappa shape index (κ1) is 15.8. The van der Waals surface area contributed by atoms with E-state index in [9.17, 15) is 4.79 Å². The highest BCUT2D eigenvalue weighted by Crippen LogP contribution is 2.19. The molecule has 0 radical (unpaired) electrons. The first-order chi connectivity index (χ1) is 12.3. The molecule has 6 nitrogen and oxygen atoms in total. The Morgan fingerprint density at radius 1 is 1.24 bits per heavy atom. The average molecular weight is 336 g/mol. The van der Waals surface area contributed by atoms with Crippen LogP contribution in [0, 0.1) is 0 Å². The summed E-state index contributed by atoms with van der Waals surface area (Å²) in [5, 5.41) is 4.26. The van der Waals surface area contributed by atoms with Crippen LogP contribution < -0.4 is 0 Å². The standard InChI is InChI=1S/C19H20N4O2/c24-19(17-12-21-23-11-4-2-8-18(17)23)22-10-5-7-16(13-22)25-14-15-6-1-3-9-20-15/h1-4,6,8-9,11-12,16H,5,7,10,13-14H2/t16-/m1/s1. The van der Waals surface area contributed by atoms with Gasteiger partial charge in [0.2, 0.25) is 0 Å². The molecular formula is C19H20N4O2. The molecular weight excluding hydrogens is 316 g/mol. The van der Waals surface area contributed by atoms with Crippen molar-refractivity contribution >= 4 is 11.4 Å². The van der Waals surface area contributed by atoms with E-state index in [0.29, 0.717) is 18.7 Å². The number of aromatic nitrogens is 3. The van der Waals surface area contributed by atoms with Gasteiger partial charge in [-0.1, -0.05) is 12.1 Å². The monoisotopic (exact) mass is 336 g/mol. The van der Waals surface area contributed by atoms with Crippen LogP contribution >= 0.6 is 0 Å². The highest BCUT2D eigenvalue weighted by molar-refractivity contribution is 6.00. The Balaban J connectivity index is 1.43. The van der Waals surface area contributed by atoms with Gasteiger partial charge in [0.1, 0.15) is 0 Å². The van der Waals surface area contributed by atoms with E-state index >= 15 is 0 Å². The quantitative estimate of drug-likeness (QED) is 0.735. The minimum Gasteiger partial charge on any atom is -0.370 e. The third kappa shape index (κ3) is 3.39. The molecule has 1 fully saturated rings. The van der Waals surface area contributed by atoms with Crippen molar-refractivity contribution in [3.8, 4) is 0 Å². The number of carbonyl (C=O) groups excluding carboxylic acids is 1. The molecule has 6 heteroatoms. The topological polar surface area (TPSA) is 59.7 Å². The number of ether oxygens (including phenoxy) is 1. The maximum Gasteiger partial charge on any atom is 0.257 e. The second-order valence-corrected chi connectivity index (χ2v) is 6.24. The van der Waals surface area contributed by atoms with E-state index < -0.39 is 0 Å². The summed E-state index contributed by atoms with van der Waals surface area (Å²) < 4.78 is 7.71. The molecule has 1 amide bonds. The van der Waals surface area contributed by atoms with E-state index in [1.54, 1.807) is 16.9 Å².